The van der Waals surface area contributed by atoms with Crippen molar-refractivity contribution in [1.82, 2.24) is 4.98 Å². The fourth-order valence-corrected chi connectivity index (χ4v) is 5.72. The summed E-state index contributed by atoms with van der Waals surface area (Å²) in [6, 6.07) is 12.1. The fraction of sp³-hybridized carbons (Fsp3) is 0.412. The number of benzene rings is 1. The minimum atomic E-state index is 0.141. The van der Waals surface area contributed by atoms with Crippen LogP contribution in [0.3, 0.4) is 0 Å². The van der Waals surface area contributed by atoms with Crippen LogP contribution in [0.25, 0.3) is 10.9 Å². The lowest BCUT2D eigenvalue weighted by Gasteiger charge is -2.28. The van der Waals surface area contributed by atoms with E-state index in [1.54, 1.807) is 0 Å². The molecule has 110 valence electrons. The van der Waals surface area contributed by atoms with Crippen LogP contribution in [0.5, 0.6) is 0 Å². The van der Waals surface area contributed by atoms with Gasteiger partial charge in [0.1, 0.15) is 0 Å². The predicted octanol–water partition coefficient (Wildman–Crippen LogP) is 3.97. The average molecular weight is 317 g/mol. The number of ketones is 1. The summed E-state index contributed by atoms with van der Waals surface area (Å²) in [5, 5.41) is 1.74. The number of thioether (sulfide) groups is 2. The van der Waals surface area contributed by atoms with Gasteiger partial charge >= 0.3 is 0 Å². The van der Waals surface area contributed by atoms with Gasteiger partial charge in [-0.15, -0.1) is 11.8 Å². The normalized spacial score (nSPS) is 22.3. The molecule has 4 heteroatoms. The lowest BCUT2D eigenvalue weighted by molar-refractivity contribution is -0.118. The van der Waals surface area contributed by atoms with E-state index in [0.29, 0.717) is 17.5 Å². The summed E-state index contributed by atoms with van der Waals surface area (Å²) in [5.41, 5.74) is 1.87. The average Bonchev–Trinajstić information content (AvgIpc) is 2.54. The number of para-hydroxylation sites is 1. The molecule has 2 aromatic rings. The van der Waals surface area contributed by atoms with E-state index < -0.39 is 0 Å². The Morgan fingerprint density at radius 2 is 2.00 bits per heavy atom. The molecule has 0 saturated carbocycles. The van der Waals surface area contributed by atoms with Crippen LogP contribution in [0.1, 0.15) is 19.0 Å². The van der Waals surface area contributed by atoms with Crippen LogP contribution >= 0.6 is 23.5 Å². The maximum absolute atomic E-state index is 12.6. The molecule has 1 fully saturated rings. The molecule has 2 unspecified atom stereocenters. The summed E-state index contributed by atoms with van der Waals surface area (Å²) in [4.78, 5) is 17.2. The van der Waals surface area contributed by atoms with Crippen LogP contribution < -0.4 is 0 Å². The minimum absolute atomic E-state index is 0.141. The van der Waals surface area contributed by atoms with Crippen molar-refractivity contribution in [3.8, 4) is 0 Å². The summed E-state index contributed by atoms with van der Waals surface area (Å²) in [7, 11) is 0. The first-order chi connectivity index (χ1) is 10.3. The van der Waals surface area contributed by atoms with Crippen LogP contribution in [-0.4, -0.2) is 32.8 Å². The van der Waals surface area contributed by atoms with Gasteiger partial charge in [-0.3, -0.25) is 9.78 Å². The lowest BCUT2D eigenvalue weighted by atomic mass is 10.1. The van der Waals surface area contributed by atoms with E-state index >= 15 is 0 Å². The quantitative estimate of drug-likeness (QED) is 0.853. The Morgan fingerprint density at radius 1 is 1.19 bits per heavy atom. The number of Topliss-reactive ketones (excluding diaryl/α,β-unsaturated/α-hetero) is 1. The van der Waals surface area contributed by atoms with Crippen LogP contribution in [0.15, 0.2) is 36.4 Å². The second-order valence-electron chi connectivity index (χ2n) is 5.25. The van der Waals surface area contributed by atoms with Crippen molar-refractivity contribution < 1.29 is 4.79 Å². The van der Waals surface area contributed by atoms with Crippen LogP contribution in [0, 0.1) is 0 Å². The van der Waals surface area contributed by atoms with Crippen molar-refractivity contribution in [2.45, 2.75) is 30.3 Å². The first-order valence-electron chi connectivity index (χ1n) is 7.38. The monoisotopic (exact) mass is 317 g/mol. The Morgan fingerprint density at radius 3 is 2.86 bits per heavy atom. The van der Waals surface area contributed by atoms with E-state index in [4.69, 9.17) is 0 Å². The molecule has 2 nitrogen and oxygen atoms in total. The van der Waals surface area contributed by atoms with Crippen molar-refractivity contribution in [3.05, 3.63) is 42.1 Å². The largest absolute Gasteiger partial charge is 0.298 e. The predicted molar refractivity (Wildman–Crippen MR) is 93.2 cm³/mol. The first-order valence-corrected chi connectivity index (χ1v) is 9.48. The van der Waals surface area contributed by atoms with Crippen LogP contribution in [-0.2, 0) is 11.2 Å². The summed E-state index contributed by atoms with van der Waals surface area (Å²) >= 11 is 3.78. The first kappa shape index (κ1) is 14.9. The molecule has 0 N–H and O–H groups in total. The van der Waals surface area contributed by atoms with E-state index in [9.17, 15) is 4.79 Å². The number of nitrogens with zero attached hydrogens (tertiary/aromatic N) is 1. The Hall–Kier alpha value is -1.00. The van der Waals surface area contributed by atoms with Crippen LogP contribution in [0.2, 0.25) is 0 Å². The number of pyridine rings is 1. The fourth-order valence-electron chi connectivity index (χ4n) is 2.69. The maximum atomic E-state index is 12.6. The molecule has 0 amide bonds. The topological polar surface area (TPSA) is 30.0 Å². The Labute approximate surface area is 134 Å². The number of fused-ring (bicyclic) bond motifs is 1. The molecular weight excluding hydrogens is 298 g/mol. The molecule has 1 aromatic carbocycles. The minimum Gasteiger partial charge on any atom is -0.298 e. The third-order valence-electron chi connectivity index (χ3n) is 3.78. The van der Waals surface area contributed by atoms with Gasteiger partial charge in [-0.05, 0) is 18.6 Å². The van der Waals surface area contributed by atoms with E-state index in [1.165, 1.54) is 5.75 Å². The van der Waals surface area contributed by atoms with Crippen molar-refractivity contribution in [2.24, 2.45) is 0 Å². The number of hydrogen-bond acceptors (Lipinski definition) is 4. The number of carbonyl (C=O) groups excluding carboxylic acids is 1. The summed E-state index contributed by atoms with van der Waals surface area (Å²) < 4.78 is 0. The summed E-state index contributed by atoms with van der Waals surface area (Å²) in [6.45, 7) is 2.18. The molecule has 0 bridgehead atoms. The molecule has 0 radical (unpaired) electrons. The van der Waals surface area contributed by atoms with Gasteiger partial charge in [-0.2, -0.15) is 11.8 Å². The Kier molecular flexibility index (Phi) is 4.86. The number of carbonyl (C=O) groups is 1. The molecule has 2 atom stereocenters. The van der Waals surface area contributed by atoms with Gasteiger partial charge in [0.2, 0.25) is 0 Å². The van der Waals surface area contributed by atoms with Gasteiger partial charge in [-0.25, -0.2) is 0 Å². The number of rotatable bonds is 4. The smallest absolute Gasteiger partial charge is 0.152 e. The van der Waals surface area contributed by atoms with Crippen molar-refractivity contribution in [1.29, 1.82) is 0 Å². The molecule has 0 aliphatic carbocycles. The van der Waals surface area contributed by atoms with Gasteiger partial charge in [0.25, 0.3) is 0 Å². The standard InChI is InChI=1S/C17H19NOS2/c1-2-16-17(21-10-9-20-16)15(19)11-13-8-7-12-5-3-4-6-14(12)18-13/h3-8,16-17H,2,9-11H2,1H3. The van der Waals surface area contributed by atoms with Crippen molar-refractivity contribution in [3.63, 3.8) is 0 Å². The maximum Gasteiger partial charge on any atom is 0.152 e. The van der Waals surface area contributed by atoms with E-state index in [-0.39, 0.29) is 5.25 Å². The second kappa shape index (κ2) is 6.84. The highest BCUT2D eigenvalue weighted by molar-refractivity contribution is 8.07. The molecule has 1 aliphatic rings. The third kappa shape index (κ3) is 3.43. The Balaban J connectivity index is 1.76. The van der Waals surface area contributed by atoms with Crippen LogP contribution in [0.4, 0.5) is 0 Å². The molecule has 1 aromatic heterocycles. The molecule has 1 aliphatic heterocycles. The second-order valence-corrected chi connectivity index (χ2v) is 7.84. The molecule has 1 saturated heterocycles. The Bertz CT molecular complexity index is 643. The number of hydrogen-bond donors (Lipinski definition) is 0. The molecule has 3 rings (SSSR count). The zero-order chi connectivity index (χ0) is 14.7. The molecule has 0 spiro atoms. The third-order valence-corrected chi connectivity index (χ3v) is 7.08. The van der Waals surface area contributed by atoms with Gasteiger partial charge < -0.3 is 0 Å². The highest BCUT2D eigenvalue weighted by Gasteiger charge is 2.30. The SMILES string of the molecule is CCC1SCCSC1C(=O)Cc1ccc2ccccc2n1. The highest BCUT2D eigenvalue weighted by atomic mass is 32.2. The van der Waals surface area contributed by atoms with Gasteiger partial charge in [-0.1, -0.05) is 31.2 Å². The zero-order valence-corrected chi connectivity index (χ0v) is 13.8. The van der Waals surface area contributed by atoms with Gasteiger partial charge in [0, 0.05) is 34.3 Å². The molecule has 21 heavy (non-hydrogen) atoms. The van der Waals surface area contributed by atoms with E-state index in [1.807, 2.05) is 47.8 Å². The zero-order valence-electron chi connectivity index (χ0n) is 12.1. The van der Waals surface area contributed by atoms with Gasteiger partial charge in [0.15, 0.2) is 5.78 Å². The van der Waals surface area contributed by atoms with E-state index in [2.05, 4.69) is 24.0 Å². The summed E-state index contributed by atoms with van der Waals surface area (Å²) in [6.07, 6.45) is 1.53. The summed E-state index contributed by atoms with van der Waals surface area (Å²) in [5.74, 6) is 2.59. The van der Waals surface area contributed by atoms with Crippen molar-refractivity contribution in [2.75, 3.05) is 11.5 Å². The molecular formula is C17H19NOS2. The van der Waals surface area contributed by atoms with Crippen molar-refractivity contribution >= 4 is 40.2 Å². The number of aromatic nitrogens is 1. The highest BCUT2D eigenvalue weighted by Crippen LogP contribution is 2.34. The molecule has 2 heterocycles. The van der Waals surface area contributed by atoms with Gasteiger partial charge in [0.05, 0.1) is 10.8 Å². The lowest BCUT2D eigenvalue weighted by Crippen LogP contribution is -2.33. The van der Waals surface area contributed by atoms with E-state index in [0.717, 1.165) is 28.8 Å².